The molecule has 1 heterocycles. The van der Waals surface area contributed by atoms with Gasteiger partial charge in [0.15, 0.2) is 0 Å². The first-order valence-corrected chi connectivity index (χ1v) is 6.77. The van der Waals surface area contributed by atoms with Gasteiger partial charge in [-0.05, 0) is 26.3 Å². The van der Waals surface area contributed by atoms with Gasteiger partial charge in [0.2, 0.25) is 5.75 Å². The molecular weight excluding hydrogens is 276 g/mol. The lowest BCUT2D eigenvalue weighted by Gasteiger charge is -2.20. The third kappa shape index (κ3) is 3.13. The molecule has 21 heavy (non-hydrogen) atoms. The van der Waals surface area contributed by atoms with E-state index >= 15 is 0 Å². The van der Waals surface area contributed by atoms with Crippen molar-refractivity contribution in [2.24, 2.45) is 0 Å². The minimum absolute atomic E-state index is 0.0125. The van der Waals surface area contributed by atoms with Gasteiger partial charge < -0.3 is 14.7 Å². The zero-order valence-electron chi connectivity index (χ0n) is 12.0. The summed E-state index contributed by atoms with van der Waals surface area (Å²) in [6, 6.07) is 4.28. The Labute approximate surface area is 122 Å². The quantitative estimate of drug-likeness (QED) is 0.672. The maximum atomic E-state index is 12.5. The number of ether oxygens (including phenoxy) is 1. The number of likely N-dealkylation sites (tertiary alicyclic amines) is 1. The number of para-hydroxylation sites is 1. The van der Waals surface area contributed by atoms with E-state index < -0.39 is 10.5 Å². The molecule has 0 saturated carbocycles. The first-order chi connectivity index (χ1) is 9.85. The second kappa shape index (κ2) is 5.69. The van der Waals surface area contributed by atoms with Crippen LogP contribution >= 0.6 is 0 Å². The average Bonchev–Trinajstić information content (AvgIpc) is 2.78. The van der Waals surface area contributed by atoms with Gasteiger partial charge in [-0.2, -0.15) is 0 Å². The molecule has 1 fully saturated rings. The van der Waals surface area contributed by atoms with Crippen molar-refractivity contribution in [3.63, 3.8) is 0 Å². The summed E-state index contributed by atoms with van der Waals surface area (Å²) in [5.74, 6) is -0.374. The van der Waals surface area contributed by atoms with Gasteiger partial charge in [-0.1, -0.05) is 6.07 Å². The van der Waals surface area contributed by atoms with E-state index in [2.05, 4.69) is 0 Å². The fraction of sp³-hybridized carbons (Fsp3) is 0.500. The Kier molecular flexibility index (Phi) is 4.13. The fourth-order valence-corrected chi connectivity index (χ4v) is 2.42. The van der Waals surface area contributed by atoms with Crippen molar-refractivity contribution in [2.75, 3.05) is 19.7 Å². The molecule has 7 nitrogen and oxygen atoms in total. The number of amides is 1. The van der Waals surface area contributed by atoms with Crippen LogP contribution in [0.2, 0.25) is 0 Å². The summed E-state index contributed by atoms with van der Waals surface area (Å²) in [6.45, 7) is 4.21. The van der Waals surface area contributed by atoms with Crippen molar-refractivity contribution >= 4 is 11.6 Å². The lowest BCUT2D eigenvalue weighted by atomic mass is 10.1. The Morgan fingerprint density at radius 1 is 1.57 bits per heavy atom. The van der Waals surface area contributed by atoms with Crippen molar-refractivity contribution in [1.29, 1.82) is 0 Å². The second-order valence-corrected chi connectivity index (χ2v) is 5.32. The van der Waals surface area contributed by atoms with Crippen molar-refractivity contribution < 1.29 is 19.6 Å². The molecule has 0 spiro atoms. The molecule has 1 aliphatic heterocycles. The molecule has 0 radical (unpaired) electrons. The third-order valence-electron chi connectivity index (χ3n) is 3.45. The van der Waals surface area contributed by atoms with Gasteiger partial charge in [0.25, 0.3) is 5.91 Å². The summed E-state index contributed by atoms with van der Waals surface area (Å²) in [5, 5.41) is 21.0. The monoisotopic (exact) mass is 294 g/mol. The molecule has 2 rings (SSSR count). The predicted octanol–water partition coefficient (Wildman–Crippen LogP) is 1.59. The summed E-state index contributed by atoms with van der Waals surface area (Å²) in [7, 11) is 0. The van der Waals surface area contributed by atoms with Gasteiger partial charge >= 0.3 is 5.69 Å². The number of nitrogens with zero attached hydrogens (tertiary/aromatic N) is 2. The van der Waals surface area contributed by atoms with Crippen molar-refractivity contribution in [2.45, 2.75) is 25.9 Å². The highest BCUT2D eigenvalue weighted by Gasteiger charge is 2.36. The molecular formula is C14H18N2O5. The molecule has 0 bridgehead atoms. The maximum Gasteiger partial charge on any atom is 0.311 e. The Morgan fingerprint density at radius 2 is 2.29 bits per heavy atom. The lowest BCUT2D eigenvalue weighted by Crippen LogP contribution is -2.34. The van der Waals surface area contributed by atoms with E-state index in [9.17, 15) is 20.0 Å². The van der Waals surface area contributed by atoms with Gasteiger partial charge in [0.05, 0.1) is 22.7 Å². The van der Waals surface area contributed by atoms with E-state index in [4.69, 9.17) is 4.74 Å². The Balaban J connectivity index is 2.37. The Hall–Kier alpha value is -2.15. The first-order valence-electron chi connectivity index (χ1n) is 6.77. The van der Waals surface area contributed by atoms with Gasteiger partial charge in [-0.25, -0.2) is 0 Å². The molecule has 0 aliphatic carbocycles. The summed E-state index contributed by atoms with van der Waals surface area (Å²) in [4.78, 5) is 24.5. The highest BCUT2D eigenvalue weighted by Crippen LogP contribution is 2.33. The maximum absolute atomic E-state index is 12.5. The highest BCUT2D eigenvalue weighted by atomic mass is 16.6. The highest BCUT2D eigenvalue weighted by molar-refractivity contribution is 5.98. The second-order valence-electron chi connectivity index (χ2n) is 5.32. The van der Waals surface area contributed by atoms with Gasteiger partial charge in [0, 0.05) is 19.2 Å². The summed E-state index contributed by atoms with van der Waals surface area (Å²) in [5.41, 5.74) is -0.986. The van der Waals surface area contributed by atoms with Crippen LogP contribution in [0.4, 0.5) is 5.69 Å². The van der Waals surface area contributed by atoms with Crippen molar-refractivity contribution in [3.8, 4) is 5.75 Å². The van der Waals surface area contributed by atoms with E-state index in [-0.39, 0.29) is 36.1 Å². The van der Waals surface area contributed by atoms with E-state index in [0.717, 1.165) is 0 Å². The zero-order chi connectivity index (χ0) is 15.6. The molecule has 114 valence electrons. The smallest absolute Gasteiger partial charge is 0.311 e. The summed E-state index contributed by atoms with van der Waals surface area (Å²) >= 11 is 0. The fourth-order valence-electron chi connectivity index (χ4n) is 2.42. The molecule has 0 aromatic heterocycles. The molecule has 7 heteroatoms. The Bertz CT molecular complexity index is 570. The number of rotatable bonds is 4. The van der Waals surface area contributed by atoms with Crippen LogP contribution in [-0.4, -0.2) is 46.1 Å². The lowest BCUT2D eigenvalue weighted by molar-refractivity contribution is -0.385. The van der Waals surface area contributed by atoms with Crippen LogP contribution in [0.25, 0.3) is 0 Å². The SMILES string of the molecule is CCOc1c(C(=O)N2CCC(C)(O)C2)cccc1[N+](=O)[O-]. The van der Waals surface area contributed by atoms with Crippen LogP contribution in [0, 0.1) is 10.1 Å². The number of hydrogen-bond acceptors (Lipinski definition) is 5. The predicted molar refractivity (Wildman–Crippen MR) is 75.4 cm³/mol. The van der Waals surface area contributed by atoms with Crippen LogP contribution in [0.5, 0.6) is 5.75 Å². The van der Waals surface area contributed by atoms with Crippen LogP contribution in [0.3, 0.4) is 0 Å². The van der Waals surface area contributed by atoms with Crippen LogP contribution < -0.4 is 4.74 Å². The Morgan fingerprint density at radius 3 is 2.81 bits per heavy atom. The van der Waals surface area contributed by atoms with Crippen LogP contribution in [0.15, 0.2) is 18.2 Å². The molecule has 1 unspecified atom stereocenters. The number of β-amino-alcohol motifs (C(OH)–C–C–N with tert-alkyl or cyclic N) is 1. The van der Waals surface area contributed by atoms with Gasteiger partial charge in [0.1, 0.15) is 0 Å². The van der Waals surface area contributed by atoms with Crippen LogP contribution in [0.1, 0.15) is 30.6 Å². The minimum atomic E-state index is -0.915. The molecule has 1 N–H and O–H groups in total. The van der Waals surface area contributed by atoms with Gasteiger partial charge in [-0.15, -0.1) is 0 Å². The van der Waals surface area contributed by atoms with E-state index in [1.54, 1.807) is 13.8 Å². The van der Waals surface area contributed by atoms with Crippen molar-refractivity contribution in [1.82, 2.24) is 4.90 Å². The topological polar surface area (TPSA) is 92.9 Å². The van der Waals surface area contributed by atoms with E-state index in [0.29, 0.717) is 13.0 Å². The number of nitro benzene ring substituents is 1. The number of benzene rings is 1. The minimum Gasteiger partial charge on any atom is -0.487 e. The van der Waals surface area contributed by atoms with Crippen molar-refractivity contribution in [3.05, 3.63) is 33.9 Å². The van der Waals surface area contributed by atoms with E-state index in [1.807, 2.05) is 0 Å². The third-order valence-corrected chi connectivity index (χ3v) is 3.45. The average molecular weight is 294 g/mol. The molecule has 1 atom stereocenters. The summed E-state index contributed by atoms with van der Waals surface area (Å²) in [6.07, 6.45) is 0.484. The molecule has 1 aliphatic rings. The molecule has 1 aromatic rings. The summed E-state index contributed by atoms with van der Waals surface area (Å²) < 4.78 is 5.31. The molecule has 1 saturated heterocycles. The number of hydrogen-bond donors (Lipinski definition) is 1. The van der Waals surface area contributed by atoms with E-state index in [1.165, 1.54) is 23.1 Å². The largest absolute Gasteiger partial charge is 0.487 e. The van der Waals surface area contributed by atoms with Crippen LogP contribution in [-0.2, 0) is 0 Å². The zero-order valence-corrected chi connectivity index (χ0v) is 12.0. The molecule has 1 amide bonds. The standard InChI is InChI=1S/C14H18N2O5/c1-3-21-12-10(5-4-6-11(12)16(19)20)13(17)15-8-7-14(2,18)9-15/h4-6,18H,3,7-9H2,1-2H3. The number of aliphatic hydroxyl groups is 1. The number of carbonyl (C=O) groups excluding carboxylic acids is 1. The number of carbonyl (C=O) groups is 1. The number of nitro groups is 1. The van der Waals surface area contributed by atoms with Gasteiger partial charge in [-0.3, -0.25) is 14.9 Å². The first kappa shape index (κ1) is 15.2. The normalized spacial score (nSPS) is 21.4. The molecule has 1 aromatic carbocycles.